The van der Waals surface area contributed by atoms with E-state index >= 15 is 0 Å². The maximum atomic E-state index is 12.5. The minimum atomic E-state index is -0.223. The first-order chi connectivity index (χ1) is 9.43. The third-order valence-electron chi connectivity index (χ3n) is 2.93. The normalized spacial score (nSPS) is 10.4. The van der Waals surface area contributed by atoms with Gasteiger partial charge in [0, 0.05) is 22.2 Å². The Bertz CT molecular complexity index is 681. The van der Waals surface area contributed by atoms with Crippen molar-refractivity contribution >= 4 is 40.6 Å². The summed E-state index contributed by atoms with van der Waals surface area (Å²) >= 11 is 18.1. The molecule has 0 saturated carbocycles. The van der Waals surface area contributed by atoms with Crippen LogP contribution in [-0.2, 0) is 0 Å². The van der Waals surface area contributed by atoms with Gasteiger partial charge in [-0.3, -0.25) is 4.79 Å². The van der Waals surface area contributed by atoms with E-state index in [0.29, 0.717) is 26.9 Å². The number of ether oxygens (including phenoxy) is 1. The summed E-state index contributed by atoms with van der Waals surface area (Å²) in [5.74, 6) is 0.204. The molecule has 104 valence electrons. The van der Waals surface area contributed by atoms with Gasteiger partial charge in [0.1, 0.15) is 5.75 Å². The van der Waals surface area contributed by atoms with Crippen molar-refractivity contribution in [1.82, 2.24) is 0 Å². The largest absolute Gasteiger partial charge is 0.495 e. The van der Waals surface area contributed by atoms with Gasteiger partial charge in [0.15, 0.2) is 5.78 Å². The number of benzene rings is 2. The lowest BCUT2D eigenvalue weighted by atomic mass is 9.99. The van der Waals surface area contributed by atoms with Crippen molar-refractivity contribution < 1.29 is 9.53 Å². The predicted molar refractivity (Wildman–Crippen MR) is 82.6 cm³/mol. The first-order valence-electron chi connectivity index (χ1n) is 5.78. The zero-order valence-corrected chi connectivity index (χ0v) is 13.1. The molecule has 2 aromatic carbocycles. The van der Waals surface area contributed by atoms with E-state index in [0.717, 1.165) is 5.56 Å². The van der Waals surface area contributed by atoms with Crippen LogP contribution in [0.15, 0.2) is 30.3 Å². The zero-order valence-electron chi connectivity index (χ0n) is 10.8. The Morgan fingerprint density at radius 3 is 2.35 bits per heavy atom. The van der Waals surface area contributed by atoms with Gasteiger partial charge in [0.2, 0.25) is 0 Å². The maximum Gasteiger partial charge on any atom is 0.194 e. The third kappa shape index (κ3) is 2.93. The molecule has 0 amide bonds. The summed E-state index contributed by atoms with van der Waals surface area (Å²) in [6.45, 7) is 1.84. The van der Waals surface area contributed by atoms with Gasteiger partial charge in [-0.2, -0.15) is 0 Å². The lowest BCUT2D eigenvalue weighted by Gasteiger charge is -2.10. The van der Waals surface area contributed by atoms with Gasteiger partial charge in [0.25, 0.3) is 0 Å². The fourth-order valence-electron chi connectivity index (χ4n) is 1.84. The summed E-state index contributed by atoms with van der Waals surface area (Å²) in [4.78, 5) is 12.5. The Balaban J connectivity index is 2.54. The Morgan fingerprint density at radius 2 is 1.70 bits per heavy atom. The Hall–Kier alpha value is -1.22. The quantitative estimate of drug-likeness (QED) is 0.724. The Morgan fingerprint density at radius 1 is 1.00 bits per heavy atom. The molecule has 0 fully saturated rings. The van der Waals surface area contributed by atoms with Gasteiger partial charge in [-0.05, 0) is 30.7 Å². The van der Waals surface area contributed by atoms with E-state index in [-0.39, 0.29) is 10.8 Å². The number of carbonyl (C=O) groups excluding carboxylic acids is 1. The van der Waals surface area contributed by atoms with Crippen LogP contribution in [0.4, 0.5) is 0 Å². The molecule has 0 unspecified atom stereocenters. The Labute approximate surface area is 132 Å². The molecule has 2 nitrogen and oxygen atoms in total. The molecule has 0 heterocycles. The van der Waals surface area contributed by atoms with Crippen molar-refractivity contribution in [2.45, 2.75) is 6.92 Å². The van der Waals surface area contributed by atoms with E-state index in [1.807, 2.05) is 6.92 Å². The smallest absolute Gasteiger partial charge is 0.194 e. The molecule has 5 heteroatoms. The van der Waals surface area contributed by atoms with Crippen LogP contribution in [0.5, 0.6) is 5.75 Å². The monoisotopic (exact) mass is 328 g/mol. The number of carbonyl (C=O) groups is 1. The number of halogens is 3. The van der Waals surface area contributed by atoms with Gasteiger partial charge in [0.05, 0.1) is 17.2 Å². The molecular formula is C15H11Cl3O2. The van der Waals surface area contributed by atoms with Crippen molar-refractivity contribution in [1.29, 1.82) is 0 Å². The molecule has 20 heavy (non-hydrogen) atoms. The van der Waals surface area contributed by atoms with Gasteiger partial charge in [-0.15, -0.1) is 0 Å². The van der Waals surface area contributed by atoms with Crippen LogP contribution >= 0.6 is 34.8 Å². The number of methoxy groups -OCH3 is 1. The number of aryl methyl sites for hydroxylation is 1. The Kier molecular flexibility index (Phi) is 4.59. The van der Waals surface area contributed by atoms with E-state index in [2.05, 4.69) is 0 Å². The number of hydrogen-bond acceptors (Lipinski definition) is 2. The minimum absolute atomic E-state index is 0.223. The standard InChI is InChI=1S/C15H11Cl3O2/c1-8-3-4-9(16)5-10(8)15(19)11-6-13(18)14(20-2)7-12(11)17/h3-7H,1-2H3. The summed E-state index contributed by atoms with van der Waals surface area (Å²) < 4.78 is 5.06. The lowest BCUT2D eigenvalue weighted by molar-refractivity contribution is 0.103. The predicted octanol–water partition coefficient (Wildman–Crippen LogP) is 5.19. The van der Waals surface area contributed by atoms with Crippen molar-refractivity contribution in [2.24, 2.45) is 0 Å². The van der Waals surface area contributed by atoms with Crippen LogP contribution in [0, 0.1) is 6.92 Å². The van der Waals surface area contributed by atoms with Crippen molar-refractivity contribution in [3.63, 3.8) is 0 Å². The zero-order chi connectivity index (χ0) is 14.9. The highest BCUT2D eigenvalue weighted by Crippen LogP contribution is 2.32. The SMILES string of the molecule is COc1cc(Cl)c(C(=O)c2cc(Cl)ccc2C)cc1Cl. The minimum Gasteiger partial charge on any atom is -0.495 e. The molecule has 0 aliphatic rings. The van der Waals surface area contributed by atoms with Crippen molar-refractivity contribution in [3.05, 3.63) is 62.1 Å². The summed E-state index contributed by atoms with van der Waals surface area (Å²) in [6.07, 6.45) is 0. The lowest BCUT2D eigenvalue weighted by Crippen LogP contribution is -2.05. The molecule has 0 atom stereocenters. The average molecular weight is 330 g/mol. The van der Waals surface area contributed by atoms with E-state index in [9.17, 15) is 4.79 Å². The molecule has 0 aromatic heterocycles. The highest BCUT2D eigenvalue weighted by Gasteiger charge is 2.18. The fraction of sp³-hybridized carbons (Fsp3) is 0.133. The summed E-state index contributed by atoms with van der Waals surface area (Å²) in [5.41, 5.74) is 1.64. The first kappa shape index (κ1) is 15.2. The van der Waals surface area contributed by atoms with Crippen LogP contribution in [0.2, 0.25) is 15.1 Å². The number of rotatable bonds is 3. The van der Waals surface area contributed by atoms with Gasteiger partial charge in [-0.1, -0.05) is 40.9 Å². The van der Waals surface area contributed by atoms with E-state index in [4.69, 9.17) is 39.5 Å². The summed E-state index contributed by atoms with van der Waals surface area (Å²) in [7, 11) is 1.49. The van der Waals surface area contributed by atoms with E-state index in [1.54, 1.807) is 18.2 Å². The highest BCUT2D eigenvalue weighted by atomic mass is 35.5. The second-order valence-corrected chi connectivity index (χ2v) is 5.51. The average Bonchev–Trinajstić information content (AvgIpc) is 2.42. The topological polar surface area (TPSA) is 26.3 Å². The molecule has 0 aliphatic carbocycles. The van der Waals surface area contributed by atoms with Gasteiger partial charge >= 0.3 is 0 Å². The van der Waals surface area contributed by atoms with Crippen LogP contribution < -0.4 is 4.74 Å². The van der Waals surface area contributed by atoms with E-state index < -0.39 is 0 Å². The van der Waals surface area contributed by atoms with Crippen molar-refractivity contribution in [3.8, 4) is 5.75 Å². The molecule has 0 N–H and O–H groups in total. The molecule has 0 aliphatic heterocycles. The van der Waals surface area contributed by atoms with Crippen LogP contribution in [-0.4, -0.2) is 12.9 Å². The third-order valence-corrected chi connectivity index (χ3v) is 3.77. The van der Waals surface area contributed by atoms with Crippen LogP contribution in [0.1, 0.15) is 21.5 Å². The molecule has 2 aromatic rings. The van der Waals surface area contributed by atoms with Gasteiger partial charge < -0.3 is 4.74 Å². The molecule has 0 saturated heterocycles. The molecular weight excluding hydrogens is 319 g/mol. The molecule has 0 radical (unpaired) electrons. The second kappa shape index (κ2) is 6.04. The van der Waals surface area contributed by atoms with Crippen LogP contribution in [0.3, 0.4) is 0 Å². The molecule has 0 bridgehead atoms. The maximum absolute atomic E-state index is 12.5. The first-order valence-corrected chi connectivity index (χ1v) is 6.91. The summed E-state index contributed by atoms with van der Waals surface area (Å²) in [6, 6.07) is 8.17. The molecule has 0 spiro atoms. The van der Waals surface area contributed by atoms with Gasteiger partial charge in [-0.25, -0.2) is 0 Å². The fourth-order valence-corrected chi connectivity index (χ4v) is 2.50. The summed E-state index contributed by atoms with van der Waals surface area (Å²) in [5, 5.41) is 1.12. The molecule has 2 rings (SSSR count). The van der Waals surface area contributed by atoms with Crippen LogP contribution in [0.25, 0.3) is 0 Å². The number of ketones is 1. The highest BCUT2D eigenvalue weighted by molar-refractivity contribution is 6.38. The van der Waals surface area contributed by atoms with E-state index in [1.165, 1.54) is 19.2 Å². The van der Waals surface area contributed by atoms with Crippen molar-refractivity contribution in [2.75, 3.05) is 7.11 Å². The number of hydrogen-bond donors (Lipinski definition) is 0. The second-order valence-electron chi connectivity index (χ2n) is 4.25.